The maximum absolute atomic E-state index is 13.9. The Morgan fingerprint density at radius 2 is 1.53 bits per heavy atom. The molecule has 0 aliphatic rings. The van der Waals surface area contributed by atoms with Crippen molar-refractivity contribution in [2.24, 2.45) is 0 Å². The van der Waals surface area contributed by atoms with Gasteiger partial charge in [-0.05, 0) is 68.3 Å². The van der Waals surface area contributed by atoms with Gasteiger partial charge in [-0.3, -0.25) is 13.9 Å². The van der Waals surface area contributed by atoms with Crippen molar-refractivity contribution in [1.29, 1.82) is 0 Å². The Labute approximate surface area is 234 Å². The molecule has 3 aromatic rings. The molecule has 0 radical (unpaired) electrons. The fraction of sp³-hybridized carbons (Fsp3) is 0.286. The summed E-state index contributed by atoms with van der Waals surface area (Å²) in [5, 5.41) is 3.71. The topological polar surface area (TPSA) is 86.8 Å². The minimum absolute atomic E-state index is 0.0247. The average Bonchev–Trinajstić information content (AvgIpc) is 2.90. The largest absolute Gasteiger partial charge is 0.352 e. The number of hydrogen-bond acceptors (Lipinski definition) is 4. The summed E-state index contributed by atoms with van der Waals surface area (Å²) in [6.07, 6.45) is 0.721. The first-order valence-electron chi connectivity index (χ1n) is 12.2. The fourth-order valence-electron chi connectivity index (χ4n) is 3.76. The van der Waals surface area contributed by atoms with Crippen LogP contribution in [-0.4, -0.2) is 43.8 Å². The van der Waals surface area contributed by atoms with Gasteiger partial charge in [-0.2, -0.15) is 0 Å². The van der Waals surface area contributed by atoms with Crippen molar-refractivity contribution in [3.8, 4) is 0 Å². The van der Waals surface area contributed by atoms with Crippen LogP contribution in [-0.2, 0) is 26.2 Å². The van der Waals surface area contributed by atoms with E-state index in [0.717, 1.165) is 10.7 Å². The smallest absolute Gasteiger partial charge is 0.264 e. The molecule has 3 aromatic carbocycles. The number of amides is 2. The van der Waals surface area contributed by atoms with Crippen LogP contribution in [0.4, 0.5) is 5.69 Å². The van der Waals surface area contributed by atoms with Gasteiger partial charge in [-0.15, -0.1) is 0 Å². The van der Waals surface area contributed by atoms with Crippen molar-refractivity contribution in [3.05, 3.63) is 94.5 Å². The number of nitrogens with one attached hydrogen (secondary N) is 1. The predicted molar refractivity (Wildman–Crippen MR) is 152 cm³/mol. The summed E-state index contributed by atoms with van der Waals surface area (Å²) in [4.78, 5) is 28.3. The summed E-state index contributed by atoms with van der Waals surface area (Å²) in [5.41, 5.74) is 0.934. The molecule has 7 nitrogen and oxygen atoms in total. The summed E-state index contributed by atoms with van der Waals surface area (Å²) in [6, 6.07) is 20.1. The molecule has 38 heavy (non-hydrogen) atoms. The number of carbonyl (C=O) groups is 2. The van der Waals surface area contributed by atoms with Crippen LogP contribution in [0.5, 0.6) is 0 Å². The highest BCUT2D eigenvalue weighted by atomic mass is 35.5. The van der Waals surface area contributed by atoms with Gasteiger partial charge in [0.05, 0.1) is 10.6 Å². The third-order valence-electron chi connectivity index (χ3n) is 6.12. The van der Waals surface area contributed by atoms with Gasteiger partial charge in [0.25, 0.3) is 10.0 Å². The van der Waals surface area contributed by atoms with Gasteiger partial charge in [0.1, 0.15) is 12.6 Å². The van der Waals surface area contributed by atoms with E-state index in [1.165, 1.54) is 23.1 Å². The fourth-order valence-corrected chi connectivity index (χ4v) is 5.58. The van der Waals surface area contributed by atoms with Gasteiger partial charge in [0.15, 0.2) is 0 Å². The first-order valence-corrected chi connectivity index (χ1v) is 14.4. The normalized spacial score (nSPS) is 12.9. The van der Waals surface area contributed by atoms with E-state index < -0.39 is 28.5 Å². The van der Waals surface area contributed by atoms with E-state index in [1.54, 1.807) is 67.6 Å². The summed E-state index contributed by atoms with van der Waals surface area (Å²) in [6.45, 7) is 4.96. The molecule has 0 fully saturated rings. The van der Waals surface area contributed by atoms with Crippen molar-refractivity contribution >= 4 is 50.7 Å². The molecule has 10 heteroatoms. The third-order valence-corrected chi connectivity index (χ3v) is 8.37. The molecule has 2 amide bonds. The lowest BCUT2D eigenvalue weighted by atomic mass is 10.1. The van der Waals surface area contributed by atoms with Crippen LogP contribution in [0.1, 0.15) is 32.8 Å². The molecule has 0 aromatic heterocycles. The van der Waals surface area contributed by atoms with Crippen LogP contribution in [0.2, 0.25) is 10.0 Å². The molecule has 0 heterocycles. The van der Waals surface area contributed by atoms with Gasteiger partial charge < -0.3 is 10.2 Å². The zero-order valence-electron chi connectivity index (χ0n) is 21.5. The van der Waals surface area contributed by atoms with Crippen LogP contribution in [0, 0.1) is 0 Å². The van der Waals surface area contributed by atoms with Gasteiger partial charge in [0.2, 0.25) is 11.8 Å². The van der Waals surface area contributed by atoms with Gasteiger partial charge >= 0.3 is 0 Å². The van der Waals surface area contributed by atoms with Crippen LogP contribution in [0.15, 0.2) is 83.8 Å². The molecule has 0 aliphatic heterocycles. The summed E-state index contributed by atoms with van der Waals surface area (Å²) in [5.74, 6) is -0.897. The number of nitrogens with zero attached hydrogens (tertiary/aromatic N) is 2. The van der Waals surface area contributed by atoms with E-state index in [2.05, 4.69) is 5.32 Å². The number of anilines is 1. The molecule has 202 valence electrons. The van der Waals surface area contributed by atoms with E-state index in [0.29, 0.717) is 15.6 Å². The molecular weight excluding hydrogens is 545 g/mol. The Balaban J connectivity index is 2.02. The molecule has 0 spiro atoms. The predicted octanol–water partition coefficient (Wildman–Crippen LogP) is 5.52. The Morgan fingerprint density at radius 3 is 2.13 bits per heavy atom. The molecule has 0 unspecified atom stereocenters. The maximum atomic E-state index is 13.9. The third kappa shape index (κ3) is 7.49. The molecule has 0 aliphatic carbocycles. The second kappa shape index (κ2) is 13.1. The van der Waals surface area contributed by atoms with Gasteiger partial charge in [-0.1, -0.05) is 66.5 Å². The SMILES string of the molecule is CC[C@H](C)NC(=O)[C@H](C)N(Cc1cccc(Cl)c1)C(=O)CN(c1cccc(Cl)c1)S(=O)(=O)c1ccccc1. The number of carbonyl (C=O) groups excluding carboxylic acids is 2. The van der Waals surface area contributed by atoms with Crippen LogP contribution < -0.4 is 9.62 Å². The van der Waals surface area contributed by atoms with Crippen molar-refractivity contribution in [3.63, 3.8) is 0 Å². The van der Waals surface area contributed by atoms with Crippen molar-refractivity contribution < 1.29 is 18.0 Å². The lowest BCUT2D eigenvalue weighted by Crippen LogP contribution is -2.52. The van der Waals surface area contributed by atoms with E-state index in [-0.39, 0.29) is 29.1 Å². The van der Waals surface area contributed by atoms with Crippen molar-refractivity contribution in [2.75, 3.05) is 10.8 Å². The number of rotatable bonds is 11. The Bertz CT molecular complexity index is 1370. The number of benzene rings is 3. The first kappa shape index (κ1) is 29.5. The number of sulfonamides is 1. The van der Waals surface area contributed by atoms with Crippen LogP contribution in [0.25, 0.3) is 0 Å². The van der Waals surface area contributed by atoms with Crippen molar-refractivity contribution in [1.82, 2.24) is 10.2 Å². The Kier molecular flexibility index (Phi) is 10.2. The van der Waals surface area contributed by atoms with E-state index >= 15 is 0 Å². The van der Waals surface area contributed by atoms with Gasteiger partial charge in [-0.25, -0.2) is 8.42 Å². The lowest BCUT2D eigenvalue weighted by molar-refractivity contribution is -0.139. The zero-order chi connectivity index (χ0) is 27.9. The minimum atomic E-state index is -4.14. The first-order chi connectivity index (χ1) is 18.0. The van der Waals surface area contributed by atoms with E-state index in [4.69, 9.17) is 23.2 Å². The molecule has 0 saturated carbocycles. The molecule has 1 N–H and O–H groups in total. The summed E-state index contributed by atoms with van der Waals surface area (Å²) < 4.78 is 28.4. The van der Waals surface area contributed by atoms with Crippen LogP contribution >= 0.6 is 23.2 Å². The average molecular weight is 577 g/mol. The quantitative estimate of drug-likeness (QED) is 0.326. The second-order valence-electron chi connectivity index (χ2n) is 8.95. The Hall–Kier alpha value is -3.07. The Morgan fingerprint density at radius 1 is 0.895 bits per heavy atom. The van der Waals surface area contributed by atoms with E-state index in [1.807, 2.05) is 13.8 Å². The summed E-state index contributed by atoms with van der Waals surface area (Å²) >= 11 is 12.3. The summed E-state index contributed by atoms with van der Waals surface area (Å²) in [7, 11) is -4.14. The molecular formula is C28H31Cl2N3O4S. The lowest BCUT2D eigenvalue weighted by Gasteiger charge is -2.32. The molecule has 0 bridgehead atoms. The second-order valence-corrected chi connectivity index (χ2v) is 11.7. The maximum Gasteiger partial charge on any atom is 0.264 e. The highest BCUT2D eigenvalue weighted by Crippen LogP contribution is 2.27. The molecule has 2 atom stereocenters. The zero-order valence-corrected chi connectivity index (χ0v) is 23.8. The number of hydrogen-bond donors (Lipinski definition) is 1. The highest BCUT2D eigenvalue weighted by Gasteiger charge is 2.32. The van der Waals surface area contributed by atoms with Crippen molar-refractivity contribution in [2.45, 2.75) is 50.7 Å². The monoisotopic (exact) mass is 575 g/mol. The van der Waals surface area contributed by atoms with Crippen LogP contribution in [0.3, 0.4) is 0 Å². The molecule has 0 saturated heterocycles. The standard InChI is InChI=1S/C28H31Cl2N3O4S/c1-4-20(2)31-28(35)21(3)32(18-22-10-8-11-23(29)16-22)27(34)19-33(25-13-9-12-24(30)17-25)38(36,37)26-14-6-5-7-15-26/h5-17,20-21H,4,18-19H2,1-3H3,(H,31,35)/t20-,21-/m0/s1. The molecule has 3 rings (SSSR count). The highest BCUT2D eigenvalue weighted by molar-refractivity contribution is 7.92. The number of halogens is 2. The van der Waals surface area contributed by atoms with E-state index in [9.17, 15) is 18.0 Å². The minimum Gasteiger partial charge on any atom is -0.352 e. The van der Waals surface area contributed by atoms with Gasteiger partial charge in [0, 0.05) is 22.6 Å².